The summed E-state index contributed by atoms with van der Waals surface area (Å²) >= 11 is 2.33. The molecule has 0 aliphatic carbocycles. The number of rotatable bonds is 1. The second kappa shape index (κ2) is 4.62. The predicted molar refractivity (Wildman–Crippen MR) is 54.7 cm³/mol. The lowest BCUT2D eigenvalue weighted by Crippen LogP contribution is -2.35. The lowest BCUT2D eigenvalue weighted by Gasteiger charge is -2.25. The summed E-state index contributed by atoms with van der Waals surface area (Å²) in [6.07, 6.45) is 4.36. The number of nitrogens with zero attached hydrogens (tertiary/aromatic N) is 1. The summed E-state index contributed by atoms with van der Waals surface area (Å²) in [6, 6.07) is 0.387. The van der Waals surface area contributed by atoms with Gasteiger partial charge in [-0.15, -0.1) is 0 Å². The quantitative estimate of drug-likeness (QED) is 0.581. The maximum atomic E-state index is 9.67. The maximum absolute atomic E-state index is 9.67. The van der Waals surface area contributed by atoms with Crippen LogP contribution in [0.4, 0.5) is 0 Å². The van der Waals surface area contributed by atoms with Gasteiger partial charge in [0.1, 0.15) is 0 Å². The minimum atomic E-state index is -0.0978. The molecule has 1 saturated heterocycles. The monoisotopic (exact) mass is 269 g/mol. The minimum Gasteiger partial charge on any atom is -0.391 e. The molecule has 2 atom stereocenters. The third kappa shape index (κ3) is 2.56. The smallest absolute Gasteiger partial charge is 0.0703 e. The van der Waals surface area contributed by atoms with E-state index in [1.165, 1.54) is 12.8 Å². The molecule has 1 fully saturated rings. The Kier molecular flexibility index (Phi) is 4.09. The highest BCUT2D eigenvalue weighted by molar-refractivity contribution is 14.1. The molecule has 0 radical (unpaired) electrons. The Balaban J connectivity index is 2.51. The topological polar surface area (TPSA) is 23.5 Å². The van der Waals surface area contributed by atoms with Crippen molar-refractivity contribution in [2.45, 2.75) is 44.8 Å². The lowest BCUT2D eigenvalue weighted by atomic mass is 10.1. The van der Waals surface area contributed by atoms with Crippen LogP contribution in [0.25, 0.3) is 0 Å². The van der Waals surface area contributed by atoms with E-state index in [1.54, 1.807) is 0 Å². The summed E-state index contributed by atoms with van der Waals surface area (Å²) in [5, 5.41) is 9.67. The van der Waals surface area contributed by atoms with Crippen LogP contribution in [-0.4, -0.2) is 26.9 Å². The van der Waals surface area contributed by atoms with E-state index in [9.17, 15) is 5.11 Å². The Morgan fingerprint density at radius 1 is 1.55 bits per heavy atom. The molecule has 0 spiro atoms. The van der Waals surface area contributed by atoms with Crippen molar-refractivity contribution in [2.75, 3.05) is 6.54 Å². The molecule has 0 bridgehead atoms. The molecule has 2 unspecified atom stereocenters. The standard InChI is InChI=1S/C8H16INO/c1-2-7-8(11)5-3-4-6-10(7)9/h7-8,11H,2-6H2,1H3. The first-order valence-electron chi connectivity index (χ1n) is 4.36. The molecule has 1 heterocycles. The summed E-state index contributed by atoms with van der Waals surface area (Å²) < 4.78 is 2.26. The van der Waals surface area contributed by atoms with Gasteiger partial charge in [-0.2, -0.15) is 0 Å². The van der Waals surface area contributed by atoms with Gasteiger partial charge in [0.15, 0.2) is 0 Å². The van der Waals surface area contributed by atoms with Gasteiger partial charge < -0.3 is 5.11 Å². The molecule has 3 heteroatoms. The normalized spacial score (nSPS) is 35.2. The van der Waals surface area contributed by atoms with Crippen LogP contribution in [0.2, 0.25) is 0 Å². The van der Waals surface area contributed by atoms with Crippen molar-refractivity contribution in [3.8, 4) is 0 Å². The van der Waals surface area contributed by atoms with Crippen molar-refractivity contribution in [2.24, 2.45) is 0 Å². The maximum Gasteiger partial charge on any atom is 0.0703 e. The first kappa shape index (κ1) is 9.74. The number of hydrogen-bond donors (Lipinski definition) is 1. The molecule has 0 aromatic rings. The zero-order chi connectivity index (χ0) is 8.27. The number of hydrogen-bond acceptors (Lipinski definition) is 2. The van der Waals surface area contributed by atoms with Crippen LogP contribution >= 0.6 is 22.9 Å². The number of aliphatic hydroxyl groups excluding tert-OH is 1. The molecule has 0 saturated carbocycles. The van der Waals surface area contributed by atoms with E-state index in [2.05, 4.69) is 32.9 Å². The van der Waals surface area contributed by atoms with Gasteiger partial charge in [-0.3, -0.25) is 0 Å². The Bertz CT molecular complexity index is 109. The van der Waals surface area contributed by atoms with Crippen LogP contribution in [0.1, 0.15) is 32.6 Å². The van der Waals surface area contributed by atoms with Crippen LogP contribution < -0.4 is 0 Å². The molecule has 1 aliphatic rings. The Labute approximate surface area is 82.5 Å². The average Bonchev–Trinajstić information content (AvgIpc) is 2.12. The van der Waals surface area contributed by atoms with Crippen molar-refractivity contribution < 1.29 is 5.11 Å². The van der Waals surface area contributed by atoms with Crippen LogP contribution in [0, 0.1) is 0 Å². The van der Waals surface area contributed by atoms with E-state index in [4.69, 9.17) is 0 Å². The van der Waals surface area contributed by atoms with Crippen molar-refractivity contribution in [1.29, 1.82) is 0 Å². The van der Waals surface area contributed by atoms with Crippen LogP contribution in [0.5, 0.6) is 0 Å². The minimum absolute atomic E-state index is 0.0978. The van der Waals surface area contributed by atoms with Gasteiger partial charge >= 0.3 is 0 Å². The van der Waals surface area contributed by atoms with Gasteiger partial charge in [0.2, 0.25) is 0 Å². The van der Waals surface area contributed by atoms with Gasteiger partial charge in [0, 0.05) is 35.5 Å². The molecule has 0 aromatic heterocycles. The third-order valence-electron chi connectivity index (χ3n) is 2.34. The SMILES string of the molecule is CCC1C(O)CCCCN1I. The molecular weight excluding hydrogens is 253 g/mol. The van der Waals surface area contributed by atoms with Crippen LogP contribution in [-0.2, 0) is 0 Å². The highest BCUT2D eigenvalue weighted by Gasteiger charge is 2.24. The van der Waals surface area contributed by atoms with Gasteiger partial charge in [0.25, 0.3) is 0 Å². The molecule has 66 valence electrons. The second-order valence-corrected chi connectivity index (χ2v) is 4.40. The zero-order valence-corrected chi connectivity index (χ0v) is 9.12. The highest BCUT2D eigenvalue weighted by atomic mass is 127. The molecular formula is C8H16INO. The molecule has 1 aliphatic heterocycles. The third-order valence-corrected chi connectivity index (χ3v) is 3.54. The number of aliphatic hydroxyl groups is 1. The molecule has 0 amide bonds. The fraction of sp³-hybridized carbons (Fsp3) is 1.00. The van der Waals surface area contributed by atoms with Crippen LogP contribution in [0.15, 0.2) is 0 Å². The van der Waals surface area contributed by atoms with E-state index in [0.717, 1.165) is 19.4 Å². The Morgan fingerprint density at radius 2 is 2.27 bits per heavy atom. The largest absolute Gasteiger partial charge is 0.391 e. The summed E-state index contributed by atoms with van der Waals surface area (Å²) in [4.78, 5) is 0. The van der Waals surface area contributed by atoms with Gasteiger partial charge in [-0.25, -0.2) is 3.11 Å². The Morgan fingerprint density at radius 3 is 2.91 bits per heavy atom. The Hall–Kier alpha value is 0.650. The van der Waals surface area contributed by atoms with Crippen molar-refractivity contribution in [1.82, 2.24) is 3.11 Å². The zero-order valence-electron chi connectivity index (χ0n) is 6.96. The van der Waals surface area contributed by atoms with Gasteiger partial charge in [-0.1, -0.05) is 6.92 Å². The first-order valence-corrected chi connectivity index (χ1v) is 5.32. The van der Waals surface area contributed by atoms with E-state index in [0.29, 0.717) is 6.04 Å². The summed E-state index contributed by atoms with van der Waals surface area (Å²) in [6.45, 7) is 3.28. The van der Waals surface area contributed by atoms with E-state index in [-0.39, 0.29) is 6.10 Å². The van der Waals surface area contributed by atoms with Gasteiger partial charge in [-0.05, 0) is 25.7 Å². The summed E-state index contributed by atoms with van der Waals surface area (Å²) in [5.74, 6) is 0. The molecule has 0 aromatic carbocycles. The van der Waals surface area contributed by atoms with Crippen molar-refractivity contribution in [3.63, 3.8) is 0 Å². The summed E-state index contributed by atoms with van der Waals surface area (Å²) in [5.41, 5.74) is 0. The fourth-order valence-electron chi connectivity index (χ4n) is 1.63. The highest BCUT2D eigenvalue weighted by Crippen LogP contribution is 2.22. The lowest BCUT2D eigenvalue weighted by molar-refractivity contribution is 0.102. The molecule has 1 N–H and O–H groups in total. The number of halogens is 1. The average molecular weight is 269 g/mol. The molecule has 1 rings (SSSR count). The first-order chi connectivity index (χ1) is 5.25. The van der Waals surface area contributed by atoms with Gasteiger partial charge in [0.05, 0.1) is 6.10 Å². The van der Waals surface area contributed by atoms with Crippen molar-refractivity contribution >= 4 is 22.9 Å². The summed E-state index contributed by atoms with van der Waals surface area (Å²) in [7, 11) is 0. The van der Waals surface area contributed by atoms with E-state index < -0.39 is 0 Å². The van der Waals surface area contributed by atoms with E-state index in [1.807, 2.05) is 0 Å². The van der Waals surface area contributed by atoms with Crippen molar-refractivity contribution in [3.05, 3.63) is 0 Å². The fourth-order valence-corrected chi connectivity index (χ4v) is 2.74. The second-order valence-electron chi connectivity index (χ2n) is 3.16. The molecule has 11 heavy (non-hydrogen) atoms. The van der Waals surface area contributed by atoms with E-state index >= 15 is 0 Å². The molecule has 2 nitrogen and oxygen atoms in total. The van der Waals surface area contributed by atoms with Crippen LogP contribution in [0.3, 0.4) is 0 Å². The predicted octanol–water partition coefficient (Wildman–Crippen LogP) is 1.96.